The Hall–Kier alpha value is -2.70. The van der Waals surface area contributed by atoms with E-state index < -0.39 is 0 Å². The van der Waals surface area contributed by atoms with Crippen LogP contribution >= 0.6 is 23.1 Å². The van der Waals surface area contributed by atoms with Crippen LogP contribution in [0.15, 0.2) is 70.6 Å². The average Bonchev–Trinajstić information content (AvgIpc) is 3.23. The van der Waals surface area contributed by atoms with Crippen molar-refractivity contribution in [2.75, 3.05) is 49.9 Å². The van der Waals surface area contributed by atoms with Crippen LogP contribution in [0.5, 0.6) is 0 Å². The molecule has 3 aromatic rings. The van der Waals surface area contributed by atoms with Gasteiger partial charge in [-0.1, -0.05) is 41.3 Å². The van der Waals surface area contributed by atoms with E-state index in [0.29, 0.717) is 0 Å². The first-order valence-corrected chi connectivity index (χ1v) is 11.9. The van der Waals surface area contributed by atoms with Crippen molar-refractivity contribution in [3.63, 3.8) is 0 Å². The molecule has 31 heavy (non-hydrogen) atoms. The monoisotopic (exact) mass is 449 g/mol. The maximum absolute atomic E-state index is 2.25. The largest absolute Gasteiger partial charge is 0.378 e. The van der Waals surface area contributed by atoms with E-state index in [1.807, 2.05) is 23.1 Å². The number of aryl methyl sites for hydroxylation is 1. The van der Waals surface area contributed by atoms with Crippen LogP contribution in [0.3, 0.4) is 0 Å². The topological polar surface area (TPSA) is 13.6 Å². The molecule has 0 unspecified atom stereocenters. The van der Waals surface area contributed by atoms with E-state index in [4.69, 9.17) is 0 Å². The highest BCUT2D eigenvalue weighted by molar-refractivity contribution is 8.03. The maximum atomic E-state index is 2.25. The van der Waals surface area contributed by atoms with Gasteiger partial charge in [-0.3, -0.25) is 0 Å². The molecule has 0 atom stereocenters. The SMILES string of the molecule is CN(C)c1ccc2c(c1)S\C(=C/C=C/C=C/c1sc3cc(N(C)C)ccc3[n+]1C)N2C. The zero-order valence-corrected chi connectivity index (χ0v) is 20.6. The van der Waals surface area contributed by atoms with E-state index >= 15 is 0 Å². The van der Waals surface area contributed by atoms with Gasteiger partial charge >= 0.3 is 0 Å². The summed E-state index contributed by atoms with van der Waals surface area (Å²) in [6.45, 7) is 0. The first-order valence-electron chi connectivity index (χ1n) is 10.2. The Morgan fingerprint density at radius 2 is 1.61 bits per heavy atom. The standard InChI is InChI=1S/C25H29N4S2/c1-26(2)18-12-14-20-22(16-18)30-24(28(20)5)10-8-7-9-11-25-29(6)21-15-13-19(27(3)4)17-23(21)31-25/h7-17H,1-6H3/q+1. The zero-order chi connectivity index (χ0) is 22.1. The molecule has 0 bridgehead atoms. The summed E-state index contributed by atoms with van der Waals surface area (Å²) in [5, 5.41) is 2.47. The molecule has 0 fully saturated rings. The molecule has 6 heteroatoms. The molecular weight excluding hydrogens is 420 g/mol. The number of fused-ring (bicyclic) bond motifs is 2. The van der Waals surface area contributed by atoms with E-state index in [-0.39, 0.29) is 0 Å². The fourth-order valence-electron chi connectivity index (χ4n) is 3.51. The summed E-state index contributed by atoms with van der Waals surface area (Å²) >= 11 is 3.64. The number of nitrogens with zero attached hydrogens (tertiary/aromatic N) is 4. The van der Waals surface area contributed by atoms with Crippen LogP contribution in [0.25, 0.3) is 16.3 Å². The number of benzene rings is 2. The Morgan fingerprint density at radius 1 is 0.903 bits per heavy atom. The molecule has 0 radical (unpaired) electrons. The van der Waals surface area contributed by atoms with Gasteiger partial charge < -0.3 is 14.7 Å². The predicted octanol–water partition coefficient (Wildman–Crippen LogP) is 5.51. The number of rotatable bonds is 5. The van der Waals surface area contributed by atoms with Crippen LogP contribution in [0.2, 0.25) is 0 Å². The van der Waals surface area contributed by atoms with E-state index in [0.717, 1.165) is 0 Å². The highest BCUT2D eigenvalue weighted by Crippen LogP contribution is 2.46. The van der Waals surface area contributed by atoms with Crippen LogP contribution in [0, 0.1) is 0 Å². The van der Waals surface area contributed by atoms with E-state index in [1.54, 1.807) is 0 Å². The van der Waals surface area contributed by atoms with Gasteiger partial charge in [-0.25, -0.2) is 0 Å². The van der Waals surface area contributed by atoms with Crippen LogP contribution in [-0.4, -0.2) is 35.2 Å². The summed E-state index contributed by atoms with van der Waals surface area (Å²) in [7, 11) is 12.6. The Labute approximate surface area is 193 Å². The second-order valence-corrected chi connectivity index (χ2v) is 10.1. The summed E-state index contributed by atoms with van der Waals surface area (Å²) in [6, 6.07) is 13.2. The third-order valence-electron chi connectivity index (χ3n) is 5.43. The molecule has 1 aliphatic rings. The number of thiazole rings is 1. The highest BCUT2D eigenvalue weighted by atomic mass is 32.2. The average molecular weight is 450 g/mol. The van der Waals surface area contributed by atoms with Gasteiger partial charge in [0, 0.05) is 63.7 Å². The molecule has 0 saturated carbocycles. The van der Waals surface area contributed by atoms with Crippen molar-refractivity contribution in [2.45, 2.75) is 4.90 Å². The van der Waals surface area contributed by atoms with E-state index in [9.17, 15) is 0 Å². The quantitative estimate of drug-likeness (QED) is 0.376. The summed E-state index contributed by atoms with van der Waals surface area (Å²) in [5.41, 5.74) is 4.99. The summed E-state index contributed by atoms with van der Waals surface area (Å²) < 4.78 is 3.56. The Kier molecular flexibility index (Phi) is 6.12. The van der Waals surface area contributed by atoms with Crippen molar-refractivity contribution in [1.29, 1.82) is 0 Å². The van der Waals surface area contributed by atoms with Gasteiger partial charge in [0.05, 0.1) is 10.7 Å². The molecule has 0 N–H and O–H groups in total. The fourth-order valence-corrected chi connectivity index (χ4v) is 5.70. The third-order valence-corrected chi connectivity index (χ3v) is 7.76. The Balaban J connectivity index is 1.47. The Bertz CT molecular complexity index is 1200. The minimum Gasteiger partial charge on any atom is -0.378 e. The molecule has 2 heterocycles. The number of hydrogen-bond acceptors (Lipinski definition) is 5. The van der Waals surface area contributed by atoms with E-state index in [2.05, 4.69) is 128 Å². The number of aromatic nitrogens is 1. The van der Waals surface area contributed by atoms with Crippen molar-refractivity contribution in [2.24, 2.45) is 7.05 Å². The molecule has 0 amide bonds. The summed E-state index contributed by atoms with van der Waals surface area (Å²) in [6.07, 6.45) is 10.7. The van der Waals surface area contributed by atoms with Crippen molar-refractivity contribution in [1.82, 2.24) is 0 Å². The predicted molar refractivity (Wildman–Crippen MR) is 139 cm³/mol. The zero-order valence-electron chi connectivity index (χ0n) is 19.0. The molecule has 4 rings (SSSR count). The van der Waals surface area contributed by atoms with Crippen molar-refractivity contribution >= 4 is 56.5 Å². The van der Waals surface area contributed by atoms with Gasteiger partial charge in [0.1, 0.15) is 11.7 Å². The van der Waals surface area contributed by atoms with Gasteiger partial charge in [0.2, 0.25) is 5.52 Å². The van der Waals surface area contributed by atoms with Gasteiger partial charge in [-0.2, -0.15) is 4.57 Å². The molecule has 1 aromatic heterocycles. The Morgan fingerprint density at radius 3 is 2.35 bits per heavy atom. The number of allylic oxidation sites excluding steroid dienone is 4. The lowest BCUT2D eigenvalue weighted by Crippen LogP contribution is -2.28. The maximum Gasteiger partial charge on any atom is 0.262 e. The molecule has 0 saturated heterocycles. The van der Waals surface area contributed by atoms with Gasteiger partial charge in [0.15, 0.2) is 0 Å². The fraction of sp³-hybridized carbons (Fsp3) is 0.240. The molecule has 1 aliphatic heterocycles. The number of thioether (sulfide) groups is 1. The van der Waals surface area contributed by atoms with Crippen LogP contribution in [0.1, 0.15) is 5.01 Å². The second-order valence-electron chi connectivity index (χ2n) is 8.00. The second kappa shape index (κ2) is 8.81. The van der Waals surface area contributed by atoms with Gasteiger partial charge in [-0.05, 0) is 36.4 Å². The van der Waals surface area contributed by atoms with Gasteiger partial charge in [-0.15, -0.1) is 0 Å². The number of anilines is 3. The molecule has 0 spiro atoms. The highest BCUT2D eigenvalue weighted by Gasteiger charge is 2.22. The van der Waals surface area contributed by atoms with Crippen molar-refractivity contribution in [3.8, 4) is 0 Å². The summed E-state index contributed by atoms with van der Waals surface area (Å²) in [5.74, 6) is 0. The minimum absolute atomic E-state index is 1.23. The van der Waals surface area contributed by atoms with Crippen LogP contribution in [0.4, 0.5) is 17.1 Å². The molecule has 2 aromatic carbocycles. The summed E-state index contributed by atoms with van der Waals surface area (Å²) in [4.78, 5) is 7.84. The lowest BCUT2D eigenvalue weighted by atomic mass is 10.2. The molecule has 0 aliphatic carbocycles. The third kappa shape index (κ3) is 4.36. The molecule has 4 nitrogen and oxygen atoms in total. The molecular formula is C25H29N4S2+. The van der Waals surface area contributed by atoms with E-state index in [1.165, 1.54) is 42.2 Å². The van der Waals surface area contributed by atoms with Crippen molar-refractivity contribution < 1.29 is 4.57 Å². The first kappa shape index (κ1) is 21.5. The molecule has 160 valence electrons. The van der Waals surface area contributed by atoms with Crippen LogP contribution < -0.4 is 19.3 Å². The smallest absolute Gasteiger partial charge is 0.262 e. The minimum atomic E-state index is 1.23. The van der Waals surface area contributed by atoms with Crippen molar-refractivity contribution in [3.05, 3.63) is 70.7 Å². The van der Waals surface area contributed by atoms with Crippen LogP contribution in [-0.2, 0) is 7.05 Å². The lowest BCUT2D eigenvalue weighted by molar-refractivity contribution is -0.642. The number of hydrogen-bond donors (Lipinski definition) is 0. The first-order chi connectivity index (χ1) is 14.8. The normalized spacial score (nSPS) is 15.0. The lowest BCUT2D eigenvalue weighted by Gasteiger charge is -2.15. The van der Waals surface area contributed by atoms with Gasteiger partial charge in [0.25, 0.3) is 5.01 Å².